The van der Waals surface area contributed by atoms with Crippen molar-refractivity contribution in [3.8, 4) is 0 Å². The van der Waals surface area contributed by atoms with Crippen LogP contribution in [0.3, 0.4) is 0 Å². The zero-order chi connectivity index (χ0) is 6.73. The van der Waals surface area contributed by atoms with Crippen molar-refractivity contribution in [3.05, 3.63) is 0 Å². The minimum atomic E-state index is -0.799. The van der Waals surface area contributed by atoms with Crippen LogP contribution in [0.15, 0.2) is 0 Å². The van der Waals surface area contributed by atoms with Crippen LogP contribution in [0.2, 0.25) is 0 Å². The molecule has 0 saturated carbocycles. The van der Waals surface area contributed by atoms with Crippen molar-refractivity contribution < 1.29 is 9.90 Å². The fourth-order valence-electron chi connectivity index (χ4n) is 0.196. The average Bonchev–Trinajstić information content (AvgIpc) is 1.64. The third-order valence-electron chi connectivity index (χ3n) is 0.639. The molecule has 0 bridgehead atoms. The smallest absolute Gasteiger partial charge is 0.318 e. The molecule has 1 N–H and O–H groups in total. The summed E-state index contributed by atoms with van der Waals surface area (Å²) >= 11 is 5.06. The molecular weight excluding hydrogens is 287 g/mol. The van der Waals surface area contributed by atoms with Gasteiger partial charge in [0, 0.05) is 3.92 Å². The second kappa shape index (κ2) is 3.66. The van der Waals surface area contributed by atoms with E-state index in [0.717, 1.165) is 0 Å². The van der Waals surface area contributed by atoms with Gasteiger partial charge < -0.3 is 5.11 Å². The van der Waals surface area contributed by atoms with Gasteiger partial charge in [0.05, 0.1) is 0 Å². The first-order valence-electron chi connectivity index (χ1n) is 2.06. The van der Waals surface area contributed by atoms with Crippen molar-refractivity contribution in [2.45, 2.75) is 15.7 Å². The Bertz CT molecular complexity index is 94.0. The number of carboxylic acids is 1. The molecule has 0 aliphatic rings. The summed E-state index contributed by atoms with van der Waals surface area (Å²) in [7, 11) is 0. The third kappa shape index (κ3) is 2.86. The zero-order valence-electron chi connectivity index (χ0n) is 4.27. The quantitative estimate of drug-likeness (QED) is 0.621. The Balaban J connectivity index is 3.64. The summed E-state index contributed by atoms with van der Waals surface area (Å²) in [6.07, 6.45) is 0. The number of hydrogen-bond acceptors (Lipinski definition) is 1. The van der Waals surface area contributed by atoms with Gasteiger partial charge in [-0.25, -0.2) is 0 Å². The summed E-state index contributed by atoms with van der Waals surface area (Å²) in [4.78, 5) is 9.68. The van der Waals surface area contributed by atoms with Gasteiger partial charge in [-0.2, -0.15) is 0 Å². The van der Waals surface area contributed by atoms with Crippen LogP contribution in [-0.2, 0) is 4.79 Å². The van der Waals surface area contributed by atoms with Gasteiger partial charge in [-0.1, -0.05) is 45.4 Å². The van der Waals surface area contributed by atoms with Crippen LogP contribution in [0.4, 0.5) is 0 Å². The topological polar surface area (TPSA) is 37.3 Å². The molecule has 0 fully saturated rings. The van der Waals surface area contributed by atoms with E-state index in [9.17, 15) is 4.79 Å². The van der Waals surface area contributed by atoms with E-state index in [2.05, 4.69) is 38.5 Å². The van der Waals surface area contributed by atoms with Crippen molar-refractivity contribution in [3.63, 3.8) is 0 Å². The van der Waals surface area contributed by atoms with Gasteiger partial charge in [-0.05, 0) is 0 Å². The van der Waals surface area contributed by atoms with Gasteiger partial charge in [0.25, 0.3) is 0 Å². The first-order valence-corrected chi connectivity index (χ1v) is 4.22. The van der Waals surface area contributed by atoms with E-state index in [1.807, 2.05) is 6.92 Å². The van der Waals surface area contributed by atoms with E-state index in [4.69, 9.17) is 5.11 Å². The standard InChI is InChI=1S/C4H6BrIO2/c1-2(6)3(5)4(7)8/h2-3H,1H3,(H,7,8). The lowest BCUT2D eigenvalue weighted by molar-refractivity contribution is -0.136. The van der Waals surface area contributed by atoms with Crippen LogP contribution in [0.1, 0.15) is 6.92 Å². The molecule has 0 aromatic carbocycles. The highest BCUT2D eigenvalue weighted by Crippen LogP contribution is 2.13. The number of hydrogen-bond donors (Lipinski definition) is 1. The maximum atomic E-state index is 10.1. The summed E-state index contributed by atoms with van der Waals surface area (Å²) < 4.78 is 0.130. The Morgan fingerprint density at radius 2 is 2.25 bits per heavy atom. The number of aliphatic carboxylic acids is 1. The summed E-state index contributed by atoms with van der Waals surface area (Å²) in [5.41, 5.74) is 0. The van der Waals surface area contributed by atoms with Crippen LogP contribution in [0, 0.1) is 0 Å². The number of carbonyl (C=O) groups is 1. The van der Waals surface area contributed by atoms with Crippen LogP contribution < -0.4 is 0 Å². The van der Waals surface area contributed by atoms with Crippen molar-refractivity contribution in [2.75, 3.05) is 0 Å². The van der Waals surface area contributed by atoms with Crippen LogP contribution in [0.5, 0.6) is 0 Å². The van der Waals surface area contributed by atoms with Gasteiger partial charge >= 0.3 is 5.97 Å². The summed E-state index contributed by atoms with van der Waals surface area (Å²) in [5, 5.41) is 8.30. The van der Waals surface area contributed by atoms with Crippen molar-refractivity contribution in [2.24, 2.45) is 0 Å². The molecule has 0 heterocycles. The SMILES string of the molecule is CC(I)C(Br)C(=O)O. The maximum absolute atomic E-state index is 10.1. The first-order chi connectivity index (χ1) is 3.55. The third-order valence-corrected chi connectivity index (χ3v) is 3.53. The molecule has 0 aliphatic heterocycles. The van der Waals surface area contributed by atoms with Crippen LogP contribution in [-0.4, -0.2) is 19.8 Å². The van der Waals surface area contributed by atoms with E-state index < -0.39 is 10.8 Å². The lowest BCUT2D eigenvalue weighted by Gasteiger charge is -2.03. The van der Waals surface area contributed by atoms with Crippen molar-refractivity contribution in [1.29, 1.82) is 0 Å². The molecular formula is C4H6BrIO2. The lowest BCUT2D eigenvalue weighted by Crippen LogP contribution is -2.20. The van der Waals surface area contributed by atoms with E-state index in [-0.39, 0.29) is 3.92 Å². The Morgan fingerprint density at radius 3 is 2.25 bits per heavy atom. The van der Waals surface area contributed by atoms with E-state index in [1.54, 1.807) is 0 Å². The minimum absolute atomic E-state index is 0.130. The molecule has 0 rings (SSSR count). The average molecular weight is 293 g/mol. The van der Waals surface area contributed by atoms with E-state index >= 15 is 0 Å². The molecule has 0 saturated heterocycles. The zero-order valence-corrected chi connectivity index (χ0v) is 8.01. The Labute approximate surface area is 69.9 Å². The summed E-state index contributed by atoms with van der Waals surface area (Å²) in [5.74, 6) is -0.799. The highest BCUT2D eigenvalue weighted by Gasteiger charge is 2.17. The summed E-state index contributed by atoms with van der Waals surface area (Å²) in [6.45, 7) is 1.84. The second-order valence-corrected chi connectivity index (χ2v) is 4.37. The lowest BCUT2D eigenvalue weighted by atomic mass is 10.3. The Morgan fingerprint density at radius 1 is 1.88 bits per heavy atom. The number of halogens is 2. The molecule has 0 aliphatic carbocycles. The van der Waals surface area contributed by atoms with Gasteiger partial charge in [0.1, 0.15) is 4.83 Å². The molecule has 2 atom stereocenters. The normalized spacial score (nSPS) is 17.4. The van der Waals surface area contributed by atoms with Crippen molar-refractivity contribution in [1.82, 2.24) is 0 Å². The Kier molecular flexibility index (Phi) is 3.97. The fraction of sp³-hybridized carbons (Fsp3) is 0.750. The number of carboxylic acid groups (broad SMARTS) is 1. The van der Waals surface area contributed by atoms with Gasteiger partial charge in [-0.3, -0.25) is 4.79 Å². The van der Waals surface area contributed by atoms with E-state index in [1.165, 1.54) is 0 Å². The largest absolute Gasteiger partial charge is 0.480 e. The molecule has 0 spiro atoms. The molecule has 48 valence electrons. The van der Waals surface area contributed by atoms with Gasteiger partial charge in [0.2, 0.25) is 0 Å². The molecule has 0 amide bonds. The molecule has 2 nitrogen and oxygen atoms in total. The predicted octanol–water partition coefficient (Wildman–Crippen LogP) is 1.66. The first kappa shape index (κ1) is 8.68. The monoisotopic (exact) mass is 292 g/mol. The van der Waals surface area contributed by atoms with Crippen LogP contribution >= 0.6 is 38.5 Å². The number of alkyl halides is 2. The van der Waals surface area contributed by atoms with Gasteiger partial charge in [-0.15, -0.1) is 0 Å². The molecule has 0 radical (unpaired) electrons. The minimum Gasteiger partial charge on any atom is -0.480 e. The molecule has 0 aromatic heterocycles. The van der Waals surface area contributed by atoms with Crippen LogP contribution in [0.25, 0.3) is 0 Å². The fourth-order valence-corrected chi connectivity index (χ4v) is 0.504. The van der Waals surface area contributed by atoms with Gasteiger partial charge in [0.15, 0.2) is 0 Å². The molecule has 4 heteroatoms. The molecule has 2 unspecified atom stereocenters. The highest BCUT2D eigenvalue weighted by atomic mass is 127. The predicted molar refractivity (Wildman–Crippen MR) is 43.8 cm³/mol. The van der Waals surface area contributed by atoms with E-state index in [0.29, 0.717) is 0 Å². The molecule has 0 aromatic rings. The maximum Gasteiger partial charge on any atom is 0.318 e. The highest BCUT2D eigenvalue weighted by molar-refractivity contribution is 14.1. The summed E-state index contributed by atoms with van der Waals surface area (Å²) in [6, 6.07) is 0. The Hall–Kier alpha value is 0.680. The second-order valence-electron chi connectivity index (χ2n) is 1.42. The molecule has 8 heavy (non-hydrogen) atoms. The number of rotatable bonds is 2. The van der Waals surface area contributed by atoms with Crippen molar-refractivity contribution >= 4 is 44.5 Å².